The first-order chi connectivity index (χ1) is 16.1. The summed E-state index contributed by atoms with van der Waals surface area (Å²) in [4.78, 5) is 32.9. The van der Waals surface area contributed by atoms with Crippen molar-refractivity contribution in [3.63, 3.8) is 0 Å². The predicted octanol–water partition coefficient (Wildman–Crippen LogP) is 4.30. The predicted molar refractivity (Wildman–Crippen MR) is 133 cm³/mol. The molecule has 164 valence electrons. The Hall–Kier alpha value is -3.69. The summed E-state index contributed by atoms with van der Waals surface area (Å²) in [7, 11) is 0. The molecule has 7 nitrogen and oxygen atoms in total. The van der Waals surface area contributed by atoms with E-state index in [9.17, 15) is 9.59 Å². The summed E-state index contributed by atoms with van der Waals surface area (Å²) >= 11 is 6.57. The summed E-state index contributed by atoms with van der Waals surface area (Å²) in [6, 6.07) is 18.7. The van der Waals surface area contributed by atoms with Gasteiger partial charge in [-0.15, -0.1) is 0 Å². The van der Waals surface area contributed by atoms with Gasteiger partial charge in [-0.3, -0.25) is 18.9 Å². The van der Waals surface area contributed by atoms with E-state index in [0.717, 1.165) is 17.3 Å². The molecule has 1 fully saturated rings. The van der Waals surface area contributed by atoms with E-state index in [2.05, 4.69) is 10.3 Å². The van der Waals surface area contributed by atoms with Crippen LogP contribution in [0.3, 0.4) is 0 Å². The molecule has 0 spiro atoms. The Morgan fingerprint density at radius 3 is 2.67 bits per heavy atom. The Balaban J connectivity index is 1.53. The molecule has 0 saturated carbocycles. The van der Waals surface area contributed by atoms with E-state index in [0.29, 0.717) is 38.6 Å². The molecule has 1 aliphatic heterocycles. The molecule has 1 aromatic carbocycles. The number of nitrogens with one attached hydrogen (secondary N) is 1. The van der Waals surface area contributed by atoms with Crippen molar-refractivity contribution in [2.75, 3.05) is 5.32 Å². The van der Waals surface area contributed by atoms with Crippen molar-refractivity contribution in [3.8, 4) is 0 Å². The van der Waals surface area contributed by atoms with Crippen LogP contribution in [-0.2, 0) is 17.9 Å². The van der Waals surface area contributed by atoms with Gasteiger partial charge in [0.25, 0.3) is 11.5 Å². The number of rotatable bonds is 6. The monoisotopic (exact) mass is 474 g/mol. The maximum absolute atomic E-state index is 13.3. The first-order valence-corrected chi connectivity index (χ1v) is 11.4. The number of benzene rings is 1. The Kier molecular flexibility index (Phi) is 5.80. The lowest BCUT2D eigenvalue weighted by Crippen LogP contribution is -2.27. The fourth-order valence-electron chi connectivity index (χ4n) is 3.48. The van der Waals surface area contributed by atoms with Crippen LogP contribution in [0.15, 0.2) is 87.2 Å². The van der Waals surface area contributed by atoms with Crippen molar-refractivity contribution < 1.29 is 9.21 Å². The third-order valence-corrected chi connectivity index (χ3v) is 6.49. The minimum Gasteiger partial charge on any atom is -0.467 e. The van der Waals surface area contributed by atoms with Gasteiger partial charge in [0, 0.05) is 12.7 Å². The second-order valence-corrected chi connectivity index (χ2v) is 8.97. The zero-order valence-corrected chi connectivity index (χ0v) is 18.9. The average Bonchev–Trinajstić information content (AvgIpc) is 3.44. The van der Waals surface area contributed by atoms with Crippen LogP contribution in [0.1, 0.15) is 16.9 Å². The van der Waals surface area contributed by atoms with Crippen LogP contribution in [-0.4, -0.2) is 24.5 Å². The lowest BCUT2D eigenvalue weighted by molar-refractivity contribution is -0.122. The number of amides is 1. The van der Waals surface area contributed by atoms with E-state index in [4.69, 9.17) is 16.6 Å². The van der Waals surface area contributed by atoms with Crippen molar-refractivity contribution in [2.45, 2.75) is 13.1 Å². The molecule has 1 aliphatic rings. The Morgan fingerprint density at radius 2 is 1.88 bits per heavy atom. The van der Waals surface area contributed by atoms with E-state index in [1.165, 1.54) is 9.30 Å². The van der Waals surface area contributed by atoms with Crippen LogP contribution in [0.4, 0.5) is 5.82 Å². The molecule has 4 heterocycles. The minimum absolute atomic E-state index is 0.239. The van der Waals surface area contributed by atoms with Gasteiger partial charge in [0.15, 0.2) is 0 Å². The zero-order chi connectivity index (χ0) is 22.8. The van der Waals surface area contributed by atoms with Gasteiger partial charge >= 0.3 is 0 Å². The highest BCUT2D eigenvalue weighted by Gasteiger charge is 2.33. The normalized spacial score (nSPS) is 15.0. The van der Waals surface area contributed by atoms with Crippen molar-refractivity contribution >= 4 is 51.7 Å². The molecule has 3 aromatic heterocycles. The van der Waals surface area contributed by atoms with E-state index >= 15 is 0 Å². The van der Waals surface area contributed by atoms with Gasteiger partial charge in [-0.2, -0.15) is 0 Å². The van der Waals surface area contributed by atoms with Gasteiger partial charge in [-0.1, -0.05) is 60.4 Å². The van der Waals surface area contributed by atoms with Crippen molar-refractivity contribution in [2.24, 2.45) is 0 Å². The topological polar surface area (TPSA) is 79.9 Å². The number of furan rings is 1. The molecule has 0 atom stereocenters. The summed E-state index contributed by atoms with van der Waals surface area (Å²) in [5, 5.41) is 3.26. The minimum atomic E-state index is -0.271. The lowest BCUT2D eigenvalue weighted by atomic mass is 10.2. The number of hydrogen-bond acceptors (Lipinski definition) is 7. The molecule has 0 bridgehead atoms. The van der Waals surface area contributed by atoms with Crippen LogP contribution in [0.2, 0.25) is 0 Å². The van der Waals surface area contributed by atoms with Crippen LogP contribution in [0.5, 0.6) is 0 Å². The van der Waals surface area contributed by atoms with Gasteiger partial charge in [0.05, 0.1) is 23.3 Å². The molecular weight excluding hydrogens is 456 g/mol. The molecule has 0 unspecified atom stereocenters. The van der Waals surface area contributed by atoms with E-state index in [-0.39, 0.29) is 18.0 Å². The van der Waals surface area contributed by atoms with Gasteiger partial charge < -0.3 is 9.73 Å². The molecule has 4 aromatic rings. The number of thioether (sulfide) groups is 1. The summed E-state index contributed by atoms with van der Waals surface area (Å²) in [6.07, 6.45) is 4.78. The van der Waals surface area contributed by atoms with Crippen molar-refractivity contribution in [1.29, 1.82) is 0 Å². The maximum Gasteiger partial charge on any atom is 0.267 e. The van der Waals surface area contributed by atoms with Crippen LogP contribution < -0.4 is 10.9 Å². The Morgan fingerprint density at radius 1 is 1.06 bits per heavy atom. The number of thiocarbonyl (C=S) groups is 1. The number of aromatic nitrogens is 2. The highest BCUT2D eigenvalue weighted by atomic mass is 32.2. The summed E-state index contributed by atoms with van der Waals surface area (Å²) in [5.74, 6) is 0.768. The molecule has 9 heteroatoms. The summed E-state index contributed by atoms with van der Waals surface area (Å²) in [5.41, 5.74) is 1.59. The highest BCUT2D eigenvalue weighted by Crippen LogP contribution is 2.34. The number of carbonyl (C=O) groups excluding carboxylic acids is 1. The number of nitrogens with zero attached hydrogens (tertiary/aromatic N) is 3. The first-order valence-electron chi connectivity index (χ1n) is 10.2. The number of fused-ring (bicyclic) bond motifs is 1. The average molecular weight is 475 g/mol. The smallest absolute Gasteiger partial charge is 0.267 e. The standard InChI is InChI=1S/C24H18N4O3S2/c29-22-18(13-19-23(30)28(24(32)33-19)15-17-9-6-12-31-17)21(25-14-16-7-2-1-3-8-16)26-20-10-4-5-11-27(20)22/h1-13,25H,14-15H2. The van der Waals surface area contributed by atoms with Gasteiger partial charge in [0.1, 0.15) is 21.5 Å². The maximum atomic E-state index is 13.3. The number of carbonyl (C=O) groups is 1. The molecule has 1 N–H and O–H groups in total. The number of hydrogen-bond donors (Lipinski definition) is 1. The van der Waals surface area contributed by atoms with E-state index in [1.54, 1.807) is 42.8 Å². The SMILES string of the molecule is O=C1C(=Cc2c(NCc3ccccc3)nc3ccccn3c2=O)SC(=S)N1Cc1ccco1. The highest BCUT2D eigenvalue weighted by molar-refractivity contribution is 8.26. The van der Waals surface area contributed by atoms with Gasteiger partial charge in [-0.25, -0.2) is 4.98 Å². The van der Waals surface area contributed by atoms with Crippen LogP contribution in [0.25, 0.3) is 11.7 Å². The molecule has 0 radical (unpaired) electrons. The second-order valence-electron chi connectivity index (χ2n) is 7.29. The van der Waals surface area contributed by atoms with Crippen LogP contribution in [0, 0.1) is 0 Å². The second kappa shape index (κ2) is 9.05. The fraction of sp³-hybridized carbons (Fsp3) is 0.0833. The third kappa shape index (κ3) is 4.33. The first kappa shape index (κ1) is 21.2. The third-order valence-electron chi connectivity index (χ3n) is 5.11. The van der Waals surface area contributed by atoms with E-state index < -0.39 is 0 Å². The molecule has 5 rings (SSSR count). The van der Waals surface area contributed by atoms with Crippen molar-refractivity contribution in [1.82, 2.24) is 14.3 Å². The molecule has 1 amide bonds. The Bertz CT molecular complexity index is 1430. The Labute approximate surface area is 198 Å². The quantitative estimate of drug-likeness (QED) is 0.330. The van der Waals surface area contributed by atoms with E-state index in [1.807, 2.05) is 36.4 Å². The van der Waals surface area contributed by atoms with Crippen LogP contribution >= 0.6 is 24.0 Å². The molecule has 1 saturated heterocycles. The number of anilines is 1. The largest absolute Gasteiger partial charge is 0.467 e. The summed E-state index contributed by atoms with van der Waals surface area (Å²) in [6.45, 7) is 0.722. The zero-order valence-electron chi connectivity index (χ0n) is 17.3. The molecular formula is C24H18N4O3S2. The van der Waals surface area contributed by atoms with Gasteiger partial charge in [0.2, 0.25) is 0 Å². The number of pyridine rings is 1. The van der Waals surface area contributed by atoms with Crippen molar-refractivity contribution in [3.05, 3.63) is 105 Å². The molecule has 33 heavy (non-hydrogen) atoms. The van der Waals surface area contributed by atoms with Gasteiger partial charge in [-0.05, 0) is 35.9 Å². The fourth-order valence-corrected chi connectivity index (χ4v) is 4.71. The molecule has 0 aliphatic carbocycles. The lowest BCUT2D eigenvalue weighted by Gasteiger charge is -2.12. The summed E-state index contributed by atoms with van der Waals surface area (Å²) < 4.78 is 7.22.